The normalized spacial score (nSPS) is 10.7. The van der Waals surface area contributed by atoms with Gasteiger partial charge < -0.3 is 0 Å². The van der Waals surface area contributed by atoms with E-state index in [4.69, 9.17) is 11.6 Å². The van der Waals surface area contributed by atoms with Crippen molar-refractivity contribution in [3.8, 4) is 0 Å². The molecular formula is C13H11ClN2OS. The van der Waals surface area contributed by atoms with Crippen LogP contribution in [0.15, 0.2) is 46.2 Å². The highest BCUT2D eigenvalue weighted by Gasteiger charge is 2.01. The third-order valence-electron chi connectivity index (χ3n) is 2.22. The van der Waals surface area contributed by atoms with Crippen LogP contribution in [0.4, 0.5) is 0 Å². The highest BCUT2D eigenvalue weighted by molar-refractivity contribution is 7.08. The summed E-state index contributed by atoms with van der Waals surface area (Å²) >= 11 is 7.35. The Kier molecular flexibility index (Phi) is 4.50. The zero-order valence-electron chi connectivity index (χ0n) is 9.47. The molecule has 3 nitrogen and oxygen atoms in total. The van der Waals surface area contributed by atoms with Crippen LogP contribution in [0.25, 0.3) is 0 Å². The van der Waals surface area contributed by atoms with Crippen molar-refractivity contribution in [1.29, 1.82) is 0 Å². The molecule has 18 heavy (non-hydrogen) atoms. The van der Waals surface area contributed by atoms with Crippen molar-refractivity contribution in [2.75, 3.05) is 0 Å². The molecule has 1 aromatic carbocycles. The van der Waals surface area contributed by atoms with Gasteiger partial charge in [-0.2, -0.15) is 16.4 Å². The first-order valence-electron chi connectivity index (χ1n) is 5.32. The van der Waals surface area contributed by atoms with E-state index in [0.29, 0.717) is 5.02 Å². The molecule has 0 spiro atoms. The van der Waals surface area contributed by atoms with Crippen LogP contribution in [-0.2, 0) is 11.2 Å². The first-order chi connectivity index (χ1) is 8.74. The second-order valence-corrected chi connectivity index (χ2v) is 4.87. The van der Waals surface area contributed by atoms with E-state index in [1.54, 1.807) is 29.7 Å². The van der Waals surface area contributed by atoms with Gasteiger partial charge in [0.05, 0.1) is 12.6 Å². The lowest BCUT2D eigenvalue weighted by molar-refractivity contribution is -0.120. The summed E-state index contributed by atoms with van der Waals surface area (Å²) < 4.78 is 0. The van der Waals surface area contributed by atoms with Crippen molar-refractivity contribution < 1.29 is 4.79 Å². The molecule has 0 fully saturated rings. The van der Waals surface area contributed by atoms with Crippen LogP contribution >= 0.6 is 22.9 Å². The van der Waals surface area contributed by atoms with Gasteiger partial charge >= 0.3 is 0 Å². The van der Waals surface area contributed by atoms with Gasteiger partial charge in [-0.05, 0) is 34.5 Å². The fraction of sp³-hybridized carbons (Fsp3) is 0.0769. The lowest BCUT2D eigenvalue weighted by Gasteiger charge is -2.00. The molecule has 0 aliphatic heterocycles. The maximum absolute atomic E-state index is 11.6. The van der Waals surface area contributed by atoms with Gasteiger partial charge in [0.15, 0.2) is 0 Å². The summed E-state index contributed by atoms with van der Waals surface area (Å²) in [7, 11) is 0. The molecule has 2 rings (SSSR count). The molecule has 0 unspecified atom stereocenters. The van der Waals surface area contributed by atoms with Crippen molar-refractivity contribution in [2.45, 2.75) is 6.42 Å². The number of carbonyl (C=O) groups is 1. The van der Waals surface area contributed by atoms with E-state index < -0.39 is 0 Å². The first kappa shape index (κ1) is 12.8. The number of hydrazone groups is 1. The molecule has 1 heterocycles. The van der Waals surface area contributed by atoms with E-state index >= 15 is 0 Å². The largest absolute Gasteiger partial charge is 0.273 e. The van der Waals surface area contributed by atoms with Gasteiger partial charge in [0, 0.05) is 10.6 Å². The molecule has 0 saturated heterocycles. The summed E-state index contributed by atoms with van der Waals surface area (Å²) in [5.41, 5.74) is 4.37. The highest BCUT2D eigenvalue weighted by atomic mass is 35.5. The summed E-state index contributed by atoms with van der Waals surface area (Å²) in [6.07, 6.45) is 1.91. The molecule has 92 valence electrons. The fourth-order valence-electron chi connectivity index (χ4n) is 1.35. The molecule has 2 aromatic rings. The van der Waals surface area contributed by atoms with Crippen LogP contribution in [0.2, 0.25) is 5.02 Å². The summed E-state index contributed by atoms with van der Waals surface area (Å²) in [5.74, 6) is -0.149. The van der Waals surface area contributed by atoms with E-state index in [-0.39, 0.29) is 12.3 Å². The molecule has 0 saturated carbocycles. The number of hydrogen-bond donors (Lipinski definition) is 1. The number of carbonyl (C=O) groups excluding carboxylic acids is 1. The number of hydrogen-bond acceptors (Lipinski definition) is 3. The van der Waals surface area contributed by atoms with E-state index in [1.807, 2.05) is 29.0 Å². The molecule has 0 aliphatic rings. The number of nitrogens with zero attached hydrogens (tertiary/aromatic N) is 1. The van der Waals surface area contributed by atoms with Gasteiger partial charge in [0.2, 0.25) is 5.91 Å². The van der Waals surface area contributed by atoms with Crippen LogP contribution in [0.5, 0.6) is 0 Å². The minimum absolute atomic E-state index is 0.149. The second kappa shape index (κ2) is 6.33. The highest BCUT2D eigenvalue weighted by Crippen LogP contribution is 2.09. The van der Waals surface area contributed by atoms with E-state index in [0.717, 1.165) is 11.1 Å². The van der Waals surface area contributed by atoms with Gasteiger partial charge in [-0.3, -0.25) is 4.79 Å². The van der Waals surface area contributed by atoms with Crippen LogP contribution in [0.3, 0.4) is 0 Å². The SMILES string of the molecule is O=C(Cc1ccc(Cl)cc1)NN=Cc1ccsc1. The monoisotopic (exact) mass is 278 g/mol. The summed E-state index contributed by atoms with van der Waals surface area (Å²) in [4.78, 5) is 11.6. The molecule has 1 N–H and O–H groups in total. The third-order valence-corrected chi connectivity index (χ3v) is 3.18. The molecular weight excluding hydrogens is 268 g/mol. The van der Waals surface area contributed by atoms with Crippen molar-refractivity contribution in [3.63, 3.8) is 0 Å². The molecule has 0 atom stereocenters. The summed E-state index contributed by atoms with van der Waals surface area (Å²) in [5, 5.41) is 8.45. The van der Waals surface area contributed by atoms with Gasteiger partial charge in [0.1, 0.15) is 0 Å². The zero-order chi connectivity index (χ0) is 12.8. The first-order valence-corrected chi connectivity index (χ1v) is 6.64. The van der Waals surface area contributed by atoms with E-state index in [1.165, 1.54) is 0 Å². The maximum atomic E-state index is 11.6. The van der Waals surface area contributed by atoms with Crippen LogP contribution < -0.4 is 5.43 Å². The summed E-state index contributed by atoms with van der Waals surface area (Å²) in [6.45, 7) is 0. The molecule has 0 bridgehead atoms. The minimum Gasteiger partial charge on any atom is -0.273 e. The fourth-order valence-corrected chi connectivity index (χ4v) is 2.09. The smallest absolute Gasteiger partial charge is 0.244 e. The second-order valence-electron chi connectivity index (χ2n) is 3.65. The number of amides is 1. The van der Waals surface area contributed by atoms with Crippen LogP contribution in [0.1, 0.15) is 11.1 Å². The number of thiophene rings is 1. The van der Waals surface area contributed by atoms with Crippen LogP contribution in [-0.4, -0.2) is 12.1 Å². The van der Waals surface area contributed by atoms with Crippen molar-refractivity contribution in [1.82, 2.24) is 5.43 Å². The predicted molar refractivity (Wildman–Crippen MR) is 75.2 cm³/mol. The Balaban J connectivity index is 1.84. The van der Waals surface area contributed by atoms with Crippen LogP contribution in [0, 0.1) is 0 Å². The Hall–Kier alpha value is -1.65. The average molecular weight is 279 g/mol. The molecule has 0 aliphatic carbocycles. The number of halogens is 1. The molecule has 5 heteroatoms. The van der Waals surface area contributed by atoms with E-state index in [2.05, 4.69) is 10.5 Å². The summed E-state index contributed by atoms with van der Waals surface area (Å²) in [6, 6.07) is 9.10. The molecule has 1 aromatic heterocycles. The van der Waals surface area contributed by atoms with Gasteiger partial charge in [-0.15, -0.1) is 0 Å². The van der Waals surface area contributed by atoms with Crippen molar-refractivity contribution in [3.05, 3.63) is 57.2 Å². The topological polar surface area (TPSA) is 41.5 Å². The Labute approximate surface area is 114 Å². The Bertz CT molecular complexity index is 535. The molecule has 1 amide bonds. The zero-order valence-corrected chi connectivity index (χ0v) is 11.0. The predicted octanol–water partition coefficient (Wildman–Crippen LogP) is 3.09. The van der Waals surface area contributed by atoms with E-state index in [9.17, 15) is 4.79 Å². The number of benzene rings is 1. The lowest BCUT2D eigenvalue weighted by Crippen LogP contribution is -2.19. The number of rotatable bonds is 4. The number of nitrogens with one attached hydrogen (secondary N) is 1. The Morgan fingerprint density at radius 3 is 2.78 bits per heavy atom. The Morgan fingerprint density at radius 2 is 2.11 bits per heavy atom. The average Bonchev–Trinajstić information content (AvgIpc) is 2.85. The molecule has 0 radical (unpaired) electrons. The van der Waals surface area contributed by atoms with Gasteiger partial charge in [-0.25, -0.2) is 5.43 Å². The van der Waals surface area contributed by atoms with Crippen molar-refractivity contribution >= 4 is 35.1 Å². The maximum Gasteiger partial charge on any atom is 0.244 e. The Morgan fingerprint density at radius 1 is 1.33 bits per heavy atom. The van der Waals surface area contributed by atoms with Gasteiger partial charge in [-0.1, -0.05) is 23.7 Å². The van der Waals surface area contributed by atoms with Gasteiger partial charge in [0.25, 0.3) is 0 Å². The quantitative estimate of drug-likeness (QED) is 0.678. The van der Waals surface area contributed by atoms with Crippen molar-refractivity contribution in [2.24, 2.45) is 5.10 Å². The third kappa shape index (κ3) is 3.98. The standard InChI is InChI=1S/C13H11ClN2OS/c14-12-3-1-10(2-4-12)7-13(17)16-15-8-11-5-6-18-9-11/h1-6,8-9H,7H2,(H,16,17). The minimum atomic E-state index is -0.149. The lowest BCUT2D eigenvalue weighted by atomic mass is 10.1.